The highest BCUT2D eigenvalue weighted by Gasteiger charge is 2.39. The Morgan fingerprint density at radius 3 is 1.97 bits per heavy atom. The van der Waals surface area contributed by atoms with Crippen LogP contribution in [0.25, 0.3) is 0 Å². The number of aryl methyl sites for hydroxylation is 1. The lowest BCUT2D eigenvalue weighted by molar-refractivity contribution is -0.624. The Labute approximate surface area is 397 Å². The zero-order valence-corrected chi connectivity index (χ0v) is 37.7. The van der Waals surface area contributed by atoms with Crippen LogP contribution in [-0.2, 0) is 48.1 Å². The zero-order chi connectivity index (χ0) is 49.6. The summed E-state index contributed by atoms with van der Waals surface area (Å²) < 4.78 is 73.7. The molecule has 0 saturated carbocycles. The number of alkyl halides is 5. The van der Waals surface area contributed by atoms with Crippen LogP contribution in [0.1, 0.15) is 28.2 Å². The first-order valence-corrected chi connectivity index (χ1v) is 21.0. The monoisotopic (exact) mass is 1010 g/mol. The van der Waals surface area contributed by atoms with Crippen LogP contribution in [-0.4, -0.2) is 61.8 Å². The maximum absolute atomic E-state index is 14.4. The van der Waals surface area contributed by atoms with Gasteiger partial charge in [-0.3, -0.25) is 33.3 Å². The van der Waals surface area contributed by atoms with Crippen molar-refractivity contribution in [3.05, 3.63) is 172 Å². The van der Waals surface area contributed by atoms with Crippen molar-refractivity contribution >= 4 is 58.3 Å². The molecule has 0 aliphatic rings. The number of nitrogens with one attached hydrogen (secondary N) is 4. The number of ether oxygens (including phenoxy) is 1. The molecule has 0 spiro atoms. The Balaban J connectivity index is 0.000000256. The summed E-state index contributed by atoms with van der Waals surface area (Å²) in [4.78, 5) is 62.0. The minimum atomic E-state index is -4.54. The van der Waals surface area contributed by atoms with Crippen LogP contribution >= 0.6 is 34.8 Å². The predicted octanol–water partition coefficient (Wildman–Crippen LogP) is 4.85. The molecule has 5 aromatic heterocycles. The van der Waals surface area contributed by atoms with Crippen LogP contribution in [0, 0.1) is 17.3 Å². The van der Waals surface area contributed by atoms with Crippen molar-refractivity contribution < 1.29 is 45.7 Å². The van der Waals surface area contributed by atoms with Gasteiger partial charge in [-0.2, -0.15) is 31.4 Å². The van der Waals surface area contributed by atoms with Gasteiger partial charge in [-0.1, -0.05) is 46.9 Å². The second kappa shape index (κ2) is 23.6. The zero-order valence-electron chi connectivity index (χ0n) is 35.4. The molecule has 0 unspecified atom stereocenters. The van der Waals surface area contributed by atoms with Gasteiger partial charge in [0.1, 0.15) is 29.1 Å². The predicted molar refractivity (Wildman–Crippen MR) is 238 cm³/mol. The van der Waals surface area contributed by atoms with Gasteiger partial charge in [0.15, 0.2) is 36.3 Å². The summed E-state index contributed by atoms with van der Waals surface area (Å²) in [6.07, 6.45) is 1.93. The largest absolute Gasteiger partial charge is 0.619 e. The first kappa shape index (κ1) is 51.9. The number of nitrogens with zero attached hydrogens (tertiary/aromatic N) is 7. The third kappa shape index (κ3) is 15.0. The highest BCUT2D eigenvalue weighted by molar-refractivity contribution is 6.30. The Morgan fingerprint density at radius 2 is 1.37 bits per heavy atom. The molecule has 6 aromatic rings. The minimum Gasteiger partial charge on any atom is -0.619 e. The fraction of sp³-hybridized carbons (Fsp3) is 0.262. The van der Waals surface area contributed by atoms with E-state index in [1.54, 1.807) is 30.5 Å². The lowest BCUT2D eigenvalue weighted by atomic mass is 10.2. The number of hydrogen-bond acceptors (Lipinski definition) is 12. The number of amides is 2. The smallest absolute Gasteiger partial charge is 0.422 e. The Bertz CT molecular complexity index is 2860. The highest BCUT2D eigenvalue weighted by atomic mass is 35.5. The number of rotatable bonds is 18. The third-order valence-corrected chi connectivity index (χ3v) is 10.2. The molecular weight excluding hydrogens is 972 g/mol. The molecule has 0 fully saturated rings. The Kier molecular flexibility index (Phi) is 18.0. The van der Waals surface area contributed by atoms with Gasteiger partial charge in [0.05, 0.1) is 37.6 Å². The van der Waals surface area contributed by atoms with Crippen molar-refractivity contribution in [2.45, 2.75) is 51.6 Å². The van der Waals surface area contributed by atoms with Gasteiger partial charge in [0.2, 0.25) is 11.8 Å². The normalized spacial score (nSPS) is 11.2. The molecule has 0 bridgehead atoms. The molecule has 0 saturated heterocycles. The maximum atomic E-state index is 14.4. The maximum Gasteiger partial charge on any atom is 0.422 e. The molecule has 2 amide bonds. The van der Waals surface area contributed by atoms with E-state index in [2.05, 4.69) is 36.2 Å². The summed E-state index contributed by atoms with van der Waals surface area (Å²) >= 11 is 17.9. The second-order valence-electron chi connectivity index (χ2n) is 14.3. The number of anilines is 2. The number of pyridine rings is 3. The summed E-state index contributed by atoms with van der Waals surface area (Å²) in [5, 5.41) is 33.5. The summed E-state index contributed by atoms with van der Waals surface area (Å²) in [5.41, 5.74) is -0.0677. The van der Waals surface area contributed by atoms with Gasteiger partial charge in [0.25, 0.3) is 16.8 Å². The Hall–Kier alpha value is -7.11. The summed E-state index contributed by atoms with van der Waals surface area (Å²) in [5.74, 6) is -5.36. The molecule has 0 aliphatic heterocycles. The van der Waals surface area contributed by atoms with E-state index in [4.69, 9.17) is 39.5 Å². The van der Waals surface area contributed by atoms with Gasteiger partial charge in [-0.25, -0.2) is 9.97 Å². The van der Waals surface area contributed by atoms with Gasteiger partial charge in [-0.15, -0.1) is 0 Å². The van der Waals surface area contributed by atoms with Crippen LogP contribution in [0.5, 0.6) is 5.75 Å². The average molecular weight is 1010 g/mol. The first-order valence-electron chi connectivity index (χ1n) is 19.9. The van der Waals surface area contributed by atoms with E-state index in [0.717, 1.165) is 33.2 Å². The van der Waals surface area contributed by atoms with Gasteiger partial charge in [-0.05, 0) is 42.8 Å². The number of carbonyl (C=O) groups is 2. The van der Waals surface area contributed by atoms with Crippen LogP contribution < -0.4 is 46.6 Å². The highest BCUT2D eigenvalue weighted by Crippen LogP contribution is 2.26. The van der Waals surface area contributed by atoms with Crippen molar-refractivity contribution in [3.8, 4) is 5.75 Å². The number of benzene rings is 1. The lowest BCUT2D eigenvalue weighted by Crippen LogP contribution is -2.41. The third-order valence-electron chi connectivity index (χ3n) is 9.33. The van der Waals surface area contributed by atoms with Crippen molar-refractivity contribution in [1.82, 2.24) is 34.7 Å². The summed E-state index contributed by atoms with van der Waals surface area (Å²) in [6, 6.07) is 16.2. The van der Waals surface area contributed by atoms with E-state index in [-0.39, 0.29) is 56.8 Å². The molecule has 1 aromatic carbocycles. The quantitative estimate of drug-likeness (QED) is 0.0515. The van der Waals surface area contributed by atoms with Gasteiger partial charge >= 0.3 is 12.1 Å². The number of carbonyl (C=O) groups excluding carboxylic acids is 2. The standard InChI is InChI=1S/C22H20Cl2F3N5O4.C20H19ClF2N6O3/c23-15-4-5-17(36-13-22(25,26)27)14(9-15)10-29-19(33)12-31-18(24)11-30-20(21(31)34)28-7-6-16-3-1-2-8-32(16)35;1-13-5-4-7-24-14(13)9-25-17(30)11-28-16(21)10-26-18(19(28)31)27-12-20(22,23)15-6-2-3-8-29(15)32/h1-5,8-9,11H,6-7,10,12-13H2,(H,28,30)(H,29,33);2-8,10H,9,11-12H2,1H3,(H,25,30)(H,26,27). The molecule has 0 atom stereocenters. The van der Waals surface area contributed by atoms with Crippen molar-refractivity contribution in [2.75, 3.05) is 30.3 Å². The molecule has 360 valence electrons. The van der Waals surface area contributed by atoms with Gasteiger partial charge < -0.3 is 36.4 Å². The van der Waals surface area contributed by atoms with Crippen molar-refractivity contribution in [3.63, 3.8) is 0 Å². The number of halogens is 8. The van der Waals surface area contributed by atoms with E-state index in [1.165, 1.54) is 42.7 Å². The topological polar surface area (TPSA) is 228 Å². The molecule has 6 rings (SSSR count). The fourth-order valence-corrected chi connectivity index (χ4v) is 6.47. The molecule has 4 N–H and O–H groups in total. The first-order chi connectivity index (χ1) is 32.2. The van der Waals surface area contributed by atoms with E-state index in [0.29, 0.717) is 22.5 Å². The van der Waals surface area contributed by atoms with E-state index < -0.39 is 72.8 Å². The van der Waals surface area contributed by atoms with Crippen LogP contribution in [0.4, 0.5) is 33.6 Å². The van der Waals surface area contributed by atoms with E-state index >= 15 is 0 Å². The van der Waals surface area contributed by atoms with Gasteiger partial charge in [0, 0.05) is 54.1 Å². The number of hydrogen-bond donors (Lipinski definition) is 4. The minimum absolute atomic E-state index is 0.0445. The SMILES string of the molecule is Cc1cccnc1CNC(=O)Cn1c(Cl)cnc(NCC(F)(F)c2cccc[n+]2[O-])c1=O.O=C(Cn1c(Cl)cnc(NCCc2cccc[n+]2[O-])c1=O)NCc1cc(Cl)ccc1OCC(F)(F)F. The van der Waals surface area contributed by atoms with Crippen LogP contribution in [0.3, 0.4) is 0 Å². The Morgan fingerprint density at radius 1 is 0.765 bits per heavy atom. The second-order valence-corrected chi connectivity index (χ2v) is 15.5. The molecule has 5 heterocycles. The average Bonchev–Trinajstić information content (AvgIpc) is 3.29. The lowest BCUT2D eigenvalue weighted by Gasteiger charge is -2.17. The molecule has 18 nitrogen and oxygen atoms in total. The van der Waals surface area contributed by atoms with Crippen molar-refractivity contribution in [1.29, 1.82) is 0 Å². The summed E-state index contributed by atoms with van der Waals surface area (Å²) in [7, 11) is 0. The molecule has 26 heteroatoms. The van der Waals surface area contributed by atoms with E-state index in [9.17, 15) is 51.5 Å². The molecule has 0 radical (unpaired) electrons. The number of aromatic nitrogens is 7. The molecule has 68 heavy (non-hydrogen) atoms. The van der Waals surface area contributed by atoms with Crippen LogP contribution in [0.2, 0.25) is 15.3 Å². The fourth-order valence-electron chi connectivity index (χ4n) is 5.90. The summed E-state index contributed by atoms with van der Waals surface area (Å²) in [6.45, 7) is -1.49. The van der Waals surface area contributed by atoms with E-state index in [1.807, 2.05) is 13.0 Å². The van der Waals surface area contributed by atoms with Crippen LogP contribution in [0.15, 0.2) is 107 Å². The molecule has 0 aliphatic carbocycles. The van der Waals surface area contributed by atoms with Crippen molar-refractivity contribution in [2.24, 2.45) is 0 Å². The molecular formula is C42H39Cl3F5N11O7.